The molecular formula is C37H58. The van der Waals surface area contributed by atoms with Gasteiger partial charge in [-0.2, -0.15) is 0 Å². The van der Waals surface area contributed by atoms with Crippen LogP contribution in [-0.4, -0.2) is 0 Å². The summed E-state index contributed by atoms with van der Waals surface area (Å²) in [5, 5.41) is 0. The first kappa shape index (κ1) is 34.7. The van der Waals surface area contributed by atoms with E-state index < -0.39 is 0 Å². The zero-order valence-electron chi connectivity index (χ0n) is 25.9. The molecule has 0 heterocycles. The van der Waals surface area contributed by atoms with Crippen LogP contribution in [0.4, 0.5) is 0 Å². The molecule has 0 spiro atoms. The Kier molecular flexibility index (Phi) is 18.5. The number of hydrogen-bond acceptors (Lipinski definition) is 0. The fourth-order valence-corrected chi connectivity index (χ4v) is 5.12. The van der Waals surface area contributed by atoms with Crippen molar-refractivity contribution >= 4 is 0 Å². The molecule has 1 aliphatic carbocycles. The molecule has 0 aliphatic heterocycles. The minimum Gasteiger partial charge on any atom is -0.0991 e. The van der Waals surface area contributed by atoms with Gasteiger partial charge < -0.3 is 0 Å². The van der Waals surface area contributed by atoms with Crippen LogP contribution in [0.15, 0.2) is 79.4 Å². The van der Waals surface area contributed by atoms with E-state index in [1.54, 1.807) is 0 Å². The predicted octanol–water partition coefficient (Wildman–Crippen LogP) is 11.7. The van der Waals surface area contributed by atoms with E-state index in [9.17, 15) is 0 Å². The van der Waals surface area contributed by atoms with E-state index in [1.807, 2.05) is 39.8 Å². The fourth-order valence-electron chi connectivity index (χ4n) is 5.12. The summed E-state index contributed by atoms with van der Waals surface area (Å²) in [5.41, 5.74) is 8.53. The van der Waals surface area contributed by atoms with Gasteiger partial charge in [-0.05, 0) is 73.3 Å². The van der Waals surface area contributed by atoms with Gasteiger partial charge in [0, 0.05) is 5.41 Å². The Morgan fingerprint density at radius 1 is 0.892 bits per heavy atom. The van der Waals surface area contributed by atoms with Crippen LogP contribution in [0.25, 0.3) is 0 Å². The molecule has 0 unspecified atom stereocenters. The zero-order valence-corrected chi connectivity index (χ0v) is 25.9. The molecule has 0 radical (unpaired) electrons. The SMILES string of the molecule is C=C/C=C/C(=C)C1(c2cc(C)ccc2C)CCCCC1.CC.CC.CCCc1ccc(CC(C)C)cc1. The Morgan fingerprint density at radius 2 is 1.46 bits per heavy atom. The average Bonchev–Trinajstić information content (AvgIpc) is 2.92. The number of allylic oxidation sites excluding steroid dienone is 4. The average molecular weight is 503 g/mol. The summed E-state index contributed by atoms with van der Waals surface area (Å²) in [6.45, 7) is 27.3. The van der Waals surface area contributed by atoms with E-state index in [2.05, 4.69) is 96.3 Å². The molecule has 3 rings (SSSR count). The second-order valence-corrected chi connectivity index (χ2v) is 10.2. The van der Waals surface area contributed by atoms with E-state index in [4.69, 9.17) is 0 Å². The lowest BCUT2D eigenvalue weighted by Crippen LogP contribution is -2.31. The molecule has 0 saturated heterocycles. The zero-order chi connectivity index (χ0) is 28.3. The van der Waals surface area contributed by atoms with Crippen molar-refractivity contribution in [1.82, 2.24) is 0 Å². The van der Waals surface area contributed by atoms with Gasteiger partial charge in [-0.3, -0.25) is 0 Å². The topological polar surface area (TPSA) is 0 Å². The van der Waals surface area contributed by atoms with Crippen molar-refractivity contribution in [3.05, 3.63) is 107 Å². The molecule has 206 valence electrons. The summed E-state index contributed by atoms with van der Waals surface area (Å²) in [4.78, 5) is 0. The lowest BCUT2D eigenvalue weighted by atomic mass is 9.64. The summed E-state index contributed by atoms with van der Waals surface area (Å²) in [6.07, 6.45) is 16.1. The Morgan fingerprint density at radius 3 is 1.97 bits per heavy atom. The van der Waals surface area contributed by atoms with Gasteiger partial charge in [0.2, 0.25) is 0 Å². The van der Waals surface area contributed by atoms with Crippen LogP contribution in [0.5, 0.6) is 0 Å². The van der Waals surface area contributed by atoms with Crippen LogP contribution < -0.4 is 0 Å². The first-order chi connectivity index (χ1) is 17.8. The summed E-state index contributed by atoms with van der Waals surface area (Å²) in [5.74, 6) is 0.761. The number of hydrogen-bond donors (Lipinski definition) is 0. The van der Waals surface area contributed by atoms with E-state index >= 15 is 0 Å². The van der Waals surface area contributed by atoms with Crippen molar-refractivity contribution < 1.29 is 0 Å². The number of aryl methyl sites for hydroxylation is 3. The van der Waals surface area contributed by atoms with Crippen molar-refractivity contribution in [2.24, 2.45) is 5.92 Å². The molecular weight excluding hydrogens is 444 g/mol. The van der Waals surface area contributed by atoms with E-state index in [-0.39, 0.29) is 5.41 Å². The molecule has 2 aromatic rings. The molecule has 0 nitrogen and oxygen atoms in total. The van der Waals surface area contributed by atoms with Crippen molar-refractivity contribution in [2.75, 3.05) is 0 Å². The van der Waals surface area contributed by atoms with Crippen LogP contribution in [0.3, 0.4) is 0 Å². The van der Waals surface area contributed by atoms with Gasteiger partial charge in [-0.25, -0.2) is 0 Å². The fraction of sp³-hybridized carbons (Fsp3) is 0.514. The molecule has 1 aliphatic rings. The summed E-state index contributed by atoms with van der Waals surface area (Å²) < 4.78 is 0. The van der Waals surface area contributed by atoms with Crippen LogP contribution in [-0.2, 0) is 18.3 Å². The van der Waals surface area contributed by atoms with Gasteiger partial charge in [0.25, 0.3) is 0 Å². The second-order valence-electron chi connectivity index (χ2n) is 10.2. The first-order valence-corrected chi connectivity index (χ1v) is 15.0. The molecule has 0 bridgehead atoms. The van der Waals surface area contributed by atoms with Gasteiger partial charge in [-0.15, -0.1) is 0 Å². The third-order valence-corrected chi connectivity index (χ3v) is 6.87. The number of benzene rings is 2. The van der Waals surface area contributed by atoms with Crippen molar-refractivity contribution in [3.8, 4) is 0 Å². The van der Waals surface area contributed by atoms with Crippen molar-refractivity contribution in [1.29, 1.82) is 0 Å². The highest BCUT2D eigenvalue weighted by molar-refractivity contribution is 5.46. The molecule has 1 saturated carbocycles. The van der Waals surface area contributed by atoms with Gasteiger partial charge in [0.15, 0.2) is 0 Å². The highest BCUT2D eigenvalue weighted by Crippen LogP contribution is 2.46. The van der Waals surface area contributed by atoms with Gasteiger partial charge in [-0.1, -0.05) is 154 Å². The molecule has 37 heavy (non-hydrogen) atoms. The molecule has 0 amide bonds. The highest BCUT2D eigenvalue weighted by Gasteiger charge is 2.36. The normalized spacial score (nSPS) is 13.9. The van der Waals surface area contributed by atoms with Crippen LogP contribution in [0.1, 0.15) is 115 Å². The van der Waals surface area contributed by atoms with Gasteiger partial charge in [0.1, 0.15) is 0 Å². The van der Waals surface area contributed by atoms with Crippen LogP contribution in [0, 0.1) is 19.8 Å². The van der Waals surface area contributed by atoms with Gasteiger partial charge in [0.05, 0.1) is 0 Å². The predicted molar refractivity (Wildman–Crippen MR) is 171 cm³/mol. The molecule has 1 fully saturated rings. The maximum atomic E-state index is 4.40. The van der Waals surface area contributed by atoms with E-state index in [0.717, 1.165) is 5.92 Å². The lowest BCUT2D eigenvalue weighted by molar-refractivity contribution is 0.344. The smallest absolute Gasteiger partial charge is 0.0199 e. The Balaban J connectivity index is 0.000000660. The number of rotatable bonds is 8. The Labute approximate surface area is 232 Å². The summed E-state index contributed by atoms with van der Waals surface area (Å²) in [6, 6.07) is 15.9. The van der Waals surface area contributed by atoms with E-state index in [1.165, 1.54) is 84.8 Å². The minimum absolute atomic E-state index is 0.133. The third kappa shape index (κ3) is 11.7. The Hall–Kier alpha value is -2.34. The summed E-state index contributed by atoms with van der Waals surface area (Å²) in [7, 11) is 0. The third-order valence-electron chi connectivity index (χ3n) is 6.87. The Bertz CT molecular complexity index is 902. The standard InChI is InChI=1S/C20H26.C13H20.2C2H6/c1-5-6-10-18(4)20(13-8-7-9-14-20)19-15-16(2)11-12-17(19)3;1-4-5-12-6-8-13(9-7-12)10-11(2)3;2*1-2/h5-6,10-12,15H,1,4,7-9,13-14H2,2-3H3;6-9,11H,4-5,10H2,1-3H3;2*1-2H3/b10-6+;;;. The molecule has 0 atom stereocenters. The largest absolute Gasteiger partial charge is 0.0991 e. The lowest BCUT2D eigenvalue weighted by Gasteiger charge is -2.40. The maximum Gasteiger partial charge on any atom is 0.0199 e. The summed E-state index contributed by atoms with van der Waals surface area (Å²) >= 11 is 0. The van der Waals surface area contributed by atoms with Crippen molar-refractivity contribution in [2.45, 2.75) is 119 Å². The molecule has 0 aromatic heterocycles. The van der Waals surface area contributed by atoms with Crippen LogP contribution in [0.2, 0.25) is 0 Å². The second kappa shape index (κ2) is 19.7. The maximum absolute atomic E-state index is 4.40. The van der Waals surface area contributed by atoms with Crippen LogP contribution >= 0.6 is 0 Å². The molecule has 2 aromatic carbocycles. The van der Waals surface area contributed by atoms with Crippen molar-refractivity contribution in [3.63, 3.8) is 0 Å². The highest BCUT2D eigenvalue weighted by atomic mass is 14.4. The first-order valence-electron chi connectivity index (χ1n) is 15.0. The van der Waals surface area contributed by atoms with E-state index in [0.29, 0.717) is 0 Å². The quantitative estimate of drug-likeness (QED) is 0.315. The molecule has 0 heteroatoms. The minimum atomic E-state index is 0.133. The molecule has 0 N–H and O–H groups in total. The monoisotopic (exact) mass is 502 g/mol. The van der Waals surface area contributed by atoms with Gasteiger partial charge >= 0.3 is 0 Å².